The maximum absolute atomic E-state index is 12.4. The van der Waals surface area contributed by atoms with Crippen LogP contribution in [0.25, 0.3) is 0 Å². The highest BCUT2D eigenvalue weighted by Gasteiger charge is 2.34. The van der Waals surface area contributed by atoms with Gasteiger partial charge in [-0.3, -0.25) is 9.59 Å². The summed E-state index contributed by atoms with van der Waals surface area (Å²) in [4.78, 5) is 36.2. The van der Waals surface area contributed by atoms with Gasteiger partial charge < -0.3 is 14.8 Å². The Bertz CT molecular complexity index is 877. The standard InChI is InChI=1S/C21H22ClNO5/c1-13(24)15-6-5-7-17(12-15)23-19(25)14(2)27-20(26)21(3,4)28-18-10-8-16(22)9-11-18/h5-12,14H,1-4H3,(H,23,25)/t14-/m1/s1. The van der Waals surface area contributed by atoms with E-state index < -0.39 is 23.6 Å². The molecule has 0 saturated heterocycles. The molecule has 0 saturated carbocycles. The van der Waals surface area contributed by atoms with Gasteiger partial charge in [0.25, 0.3) is 5.91 Å². The molecule has 0 heterocycles. The molecule has 1 N–H and O–H groups in total. The van der Waals surface area contributed by atoms with Crippen LogP contribution in [-0.4, -0.2) is 29.4 Å². The van der Waals surface area contributed by atoms with Crippen molar-refractivity contribution in [3.8, 4) is 5.75 Å². The maximum Gasteiger partial charge on any atom is 0.350 e. The van der Waals surface area contributed by atoms with E-state index in [0.717, 1.165) is 0 Å². The second-order valence-electron chi connectivity index (χ2n) is 6.74. The minimum Gasteiger partial charge on any atom is -0.476 e. The number of Topliss-reactive ketones (excluding diaryl/α,β-unsaturated/α-hetero) is 1. The molecule has 0 aliphatic heterocycles. The molecule has 0 aliphatic rings. The highest BCUT2D eigenvalue weighted by molar-refractivity contribution is 6.30. The second-order valence-corrected chi connectivity index (χ2v) is 7.18. The molecule has 0 unspecified atom stereocenters. The number of benzene rings is 2. The van der Waals surface area contributed by atoms with Crippen LogP contribution >= 0.6 is 11.6 Å². The second kappa shape index (κ2) is 8.89. The van der Waals surface area contributed by atoms with Crippen LogP contribution in [0, 0.1) is 0 Å². The SMILES string of the molecule is CC(=O)c1cccc(NC(=O)[C@@H](C)OC(=O)C(C)(C)Oc2ccc(Cl)cc2)c1. The summed E-state index contributed by atoms with van der Waals surface area (Å²) in [7, 11) is 0. The van der Waals surface area contributed by atoms with Gasteiger partial charge in [0.2, 0.25) is 0 Å². The zero-order valence-corrected chi connectivity index (χ0v) is 16.9. The monoisotopic (exact) mass is 403 g/mol. The molecule has 2 rings (SSSR count). The number of carbonyl (C=O) groups excluding carboxylic acids is 3. The Morgan fingerprint density at radius 3 is 2.32 bits per heavy atom. The van der Waals surface area contributed by atoms with Crippen LogP contribution in [0.4, 0.5) is 5.69 Å². The molecule has 0 aromatic heterocycles. The zero-order chi connectivity index (χ0) is 20.9. The fourth-order valence-electron chi connectivity index (χ4n) is 2.25. The van der Waals surface area contributed by atoms with Gasteiger partial charge in [0.05, 0.1) is 0 Å². The lowest BCUT2D eigenvalue weighted by molar-refractivity contribution is -0.166. The number of ketones is 1. The van der Waals surface area contributed by atoms with Crippen molar-refractivity contribution < 1.29 is 23.9 Å². The summed E-state index contributed by atoms with van der Waals surface area (Å²) in [6.45, 7) is 5.99. The number of nitrogens with one attached hydrogen (secondary N) is 1. The first-order valence-corrected chi connectivity index (χ1v) is 9.04. The smallest absolute Gasteiger partial charge is 0.350 e. The molecule has 1 amide bonds. The van der Waals surface area contributed by atoms with Gasteiger partial charge in [-0.05, 0) is 64.1 Å². The van der Waals surface area contributed by atoms with Crippen molar-refractivity contribution >= 4 is 34.9 Å². The first-order chi connectivity index (χ1) is 13.1. The van der Waals surface area contributed by atoms with Crippen LogP contribution < -0.4 is 10.1 Å². The molecule has 7 heteroatoms. The molecule has 0 aliphatic carbocycles. The lowest BCUT2D eigenvalue weighted by atomic mass is 10.1. The van der Waals surface area contributed by atoms with Gasteiger partial charge in [-0.25, -0.2) is 4.79 Å². The molecule has 0 fully saturated rings. The Balaban J connectivity index is 1.98. The van der Waals surface area contributed by atoms with E-state index in [-0.39, 0.29) is 5.78 Å². The quantitative estimate of drug-likeness (QED) is 0.551. The lowest BCUT2D eigenvalue weighted by Gasteiger charge is -2.26. The van der Waals surface area contributed by atoms with E-state index >= 15 is 0 Å². The van der Waals surface area contributed by atoms with Crippen LogP contribution in [0.3, 0.4) is 0 Å². The molecule has 0 spiro atoms. The lowest BCUT2D eigenvalue weighted by Crippen LogP contribution is -2.43. The third-order valence-electron chi connectivity index (χ3n) is 3.87. The van der Waals surface area contributed by atoms with Crippen molar-refractivity contribution in [2.75, 3.05) is 5.32 Å². The molecule has 148 valence electrons. The summed E-state index contributed by atoms with van der Waals surface area (Å²) < 4.78 is 10.9. The number of esters is 1. The topological polar surface area (TPSA) is 81.7 Å². The van der Waals surface area contributed by atoms with Crippen LogP contribution in [0.15, 0.2) is 48.5 Å². The van der Waals surface area contributed by atoms with Gasteiger partial charge in [-0.15, -0.1) is 0 Å². The zero-order valence-electron chi connectivity index (χ0n) is 16.1. The average Bonchev–Trinajstić information content (AvgIpc) is 2.63. The first kappa shape index (κ1) is 21.4. The van der Waals surface area contributed by atoms with Crippen molar-refractivity contribution in [3.63, 3.8) is 0 Å². The largest absolute Gasteiger partial charge is 0.476 e. The van der Waals surface area contributed by atoms with E-state index in [2.05, 4.69) is 5.32 Å². The van der Waals surface area contributed by atoms with E-state index in [0.29, 0.717) is 22.0 Å². The summed E-state index contributed by atoms with van der Waals surface area (Å²) in [5.74, 6) is -0.875. The molecule has 0 bridgehead atoms. The molecule has 1 atom stereocenters. The maximum atomic E-state index is 12.4. The van der Waals surface area contributed by atoms with Crippen LogP contribution in [-0.2, 0) is 14.3 Å². The highest BCUT2D eigenvalue weighted by atomic mass is 35.5. The highest BCUT2D eigenvalue weighted by Crippen LogP contribution is 2.22. The van der Waals surface area contributed by atoms with E-state index in [9.17, 15) is 14.4 Å². The molecule has 2 aromatic rings. The Kier molecular flexibility index (Phi) is 6.80. The van der Waals surface area contributed by atoms with Crippen LogP contribution in [0.5, 0.6) is 5.75 Å². The summed E-state index contributed by atoms with van der Waals surface area (Å²) in [6, 6.07) is 13.1. The van der Waals surface area contributed by atoms with Crippen LogP contribution in [0.1, 0.15) is 38.1 Å². The van der Waals surface area contributed by atoms with Gasteiger partial charge in [-0.2, -0.15) is 0 Å². The normalized spacial score (nSPS) is 12.0. The molecule has 2 aromatic carbocycles. The predicted molar refractivity (Wildman–Crippen MR) is 107 cm³/mol. The average molecular weight is 404 g/mol. The number of halogens is 1. The minimum atomic E-state index is -1.31. The molecule has 6 nitrogen and oxygen atoms in total. The number of amides is 1. The molecule has 0 radical (unpaired) electrons. The number of hydrogen-bond acceptors (Lipinski definition) is 5. The number of hydrogen-bond donors (Lipinski definition) is 1. The predicted octanol–water partition coefficient (Wildman–Crippen LogP) is 4.27. The Labute approximate surface area is 168 Å². The van der Waals surface area contributed by atoms with E-state index in [1.165, 1.54) is 13.8 Å². The number of rotatable bonds is 7. The van der Waals surface area contributed by atoms with E-state index in [1.54, 1.807) is 62.4 Å². The Morgan fingerprint density at radius 1 is 1.07 bits per heavy atom. The van der Waals surface area contributed by atoms with Gasteiger partial charge in [-0.1, -0.05) is 23.7 Å². The fraction of sp³-hybridized carbons (Fsp3) is 0.286. The van der Waals surface area contributed by atoms with Crippen molar-refractivity contribution in [1.82, 2.24) is 0 Å². The van der Waals surface area contributed by atoms with Gasteiger partial charge in [0, 0.05) is 16.3 Å². The van der Waals surface area contributed by atoms with Gasteiger partial charge >= 0.3 is 5.97 Å². The number of anilines is 1. The van der Waals surface area contributed by atoms with Crippen molar-refractivity contribution in [2.24, 2.45) is 0 Å². The van der Waals surface area contributed by atoms with Gasteiger partial charge in [0.15, 0.2) is 17.5 Å². The first-order valence-electron chi connectivity index (χ1n) is 8.66. The van der Waals surface area contributed by atoms with Crippen LogP contribution in [0.2, 0.25) is 5.02 Å². The summed E-state index contributed by atoms with van der Waals surface area (Å²) in [5.41, 5.74) is -0.395. The van der Waals surface area contributed by atoms with Crippen molar-refractivity contribution in [1.29, 1.82) is 0 Å². The van der Waals surface area contributed by atoms with E-state index in [1.807, 2.05) is 0 Å². The summed E-state index contributed by atoms with van der Waals surface area (Å²) in [5, 5.41) is 3.17. The van der Waals surface area contributed by atoms with Crippen molar-refractivity contribution in [3.05, 3.63) is 59.1 Å². The summed E-state index contributed by atoms with van der Waals surface area (Å²) in [6.07, 6.45) is -1.05. The number of carbonyl (C=O) groups is 3. The Hall–Kier alpha value is -2.86. The van der Waals surface area contributed by atoms with E-state index in [4.69, 9.17) is 21.1 Å². The fourth-order valence-corrected chi connectivity index (χ4v) is 2.38. The molecular formula is C21H22ClNO5. The third-order valence-corrected chi connectivity index (χ3v) is 4.12. The molecule has 28 heavy (non-hydrogen) atoms. The van der Waals surface area contributed by atoms with Gasteiger partial charge in [0.1, 0.15) is 5.75 Å². The molecular weight excluding hydrogens is 382 g/mol. The number of ether oxygens (including phenoxy) is 2. The summed E-state index contributed by atoms with van der Waals surface area (Å²) >= 11 is 5.83. The van der Waals surface area contributed by atoms with Crippen molar-refractivity contribution in [2.45, 2.75) is 39.4 Å². The third kappa shape index (κ3) is 5.82. The minimum absolute atomic E-state index is 0.114. The Morgan fingerprint density at radius 2 is 1.71 bits per heavy atom.